The molecule has 1 aromatic heterocycles. The molecule has 0 saturated carbocycles. The molecule has 6 heteroatoms. The van der Waals surface area contributed by atoms with Crippen LogP contribution in [0.25, 0.3) is 0 Å². The van der Waals surface area contributed by atoms with Crippen LogP contribution in [0, 0.1) is 0 Å². The molecular formula is C17H17N3O3. The number of nitrogens with zero attached hydrogens (tertiary/aromatic N) is 1. The molecule has 0 radical (unpaired) electrons. The minimum Gasteiger partial charge on any atom is -0.458 e. The fourth-order valence-corrected chi connectivity index (χ4v) is 2.30. The maximum absolute atomic E-state index is 12.1. The van der Waals surface area contributed by atoms with Crippen LogP contribution in [-0.4, -0.2) is 17.1 Å². The molecule has 2 bridgehead atoms. The first-order valence-corrected chi connectivity index (χ1v) is 7.33. The number of fused-ring (bicyclic) bond motifs is 3. The molecule has 1 aromatic carbocycles. The van der Waals surface area contributed by atoms with Crippen molar-refractivity contribution in [2.75, 3.05) is 12.0 Å². The number of carbonyl (C=O) groups excluding carboxylic acids is 1. The van der Waals surface area contributed by atoms with Gasteiger partial charge >= 0.3 is 5.97 Å². The van der Waals surface area contributed by atoms with E-state index in [1.54, 1.807) is 41.0 Å². The number of benzene rings is 1. The number of hydrazine groups is 1. The number of aromatic nitrogens is 1. The summed E-state index contributed by atoms with van der Waals surface area (Å²) in [5.74, 6) is -0.396. The number of cyclic esters (lactones) is 1. The van der Waals surface area contributed by atoms with Gasteiger partial charge in [-0.05, 0) is 23.8 Å². The van der Waals surface area contributed by atoms with Crippen LogP contribution < -0.4 is 16.4 Å². The first kappa shape index (κ1) is 15.1. The van der Waals surface area contributed by atoms with E-state index in [2.05, 4.69) is 10.9 Å². The number of ether oxygens (including phenoxy) is 1. The van der Waals surface area contributed by atoms with Crippen molar-refractivity contribution in [1.82, 2.24) is 9.99 Å². The summed E-state index contributed by atoms with van der Waals surface area (Å²) in [5.41, 5.74) is 8.07. The van der Waals surface area contributed by atoms with Gasteiger partial charge in [0.1, 0.15) is 6.61 Å². The summed E-state index contributed by atoms with van der Waals surface area (Å²) in [7, 11) is 0. The van der Waals surface area contributed by atoms with E-state index < -0.39 is 5.97 Å². The van der Waals surface area contributed by atoms with Crippen LogP contribution in [0.3, 0.4) is 0 Å². The fraction of sp³-hybridized carbons (Fsp3) is 0.176. The molecule has 2 heterocycles. The van der Waals surface area contributed by atoms with Crippen molar-refractivity contribution in [3.8, 4) is 0 Å². The van der Waals surface area contributed by atoms with Crippen LogP contribution in [0.15, 0.2) is 59.5 Å². The van der Waals surface area contributed by atoms with E-state index in [1.165, 1.54) is 0 Å². The number of allylic oxidation sites excluding steroid dienone is 1. The van der Waals surface area contributed by atoms with Crippen molar-refractivity contribution >= 4 is 11.7 Å². The zero-order valence-electron chi connectivity index (χ0n) is 12.5. The summed E-state index contributed by atoms with van der Waals surface area (Å²) < 4.78 is 6.82. The maximum Gasteiger partial charge on any atom is 0.340 e. The zero-order valence-corrected chi connectivity index (χ0v) is 12.5. The highest BCUT2D eigenvalue weighted by Crippen LogP contribution is 2.15. The molecule has 0 saturated heterocycles. The van der Waals surface area contributed by atoms with Crippen molar-refractivity contribution < 1.29 is 9.53 Å². The molecule has 0 aliphatic carbocycles. The third-order valence-corrected chi connectivity index (χ3v) is 3.49. The number of pyridine rings is 1. The standard InChI is InChI=1S/C17H17N3O3/c21-16-8-7-13-11-18-19-15-6-2-1-5-14(15)17(22)23-10-4-3-9-20(16)12-13/h1-8,12,18-19H,9-11H2/b4-3+. The maximum atomic E-state index is 12.1. The Morgan fingerprint density at radius 3 is 2.83 bits per heavy atom. The highest BCUT2D eigenvalue weighted by atomic mass is 16.5. The first-order chi connectivity index (χ1) is 11.2. The van der Waals surface area contributed by atoms with Gasteiger partial charge in [-0.2, -0.15) is 0 Å². The van der Waals surface area contributed by atoms with Crippen molar-refractivity contribution in [3.05, 3.63) is 76.2 Å². The Hall–Kier alpha value is -2.86. The van der Waals surface area contributed by atoms with Gasteiger partial charge < -0.3 is 14.7 Å². The number of nitrogens with one attached hydrogen (secondary N) is 2. The van der Waals surface area contributed by atoms with Gasteiger partial charge in [0.05, 0.1) is 11.3 Å². The molecule has 2 N–H and O–H groups in total. The molecule has 2 aromatic rings. The van der Waals surface area contributed by atoms with Gasteiger partial charge in [-0.25, -0.2) is 10.2 Å². The Balaban J connectivity index is 1.89. The SMILES string of the molecule is O=C1OC/C=C/Cn2cc(ccc2=O)CNNc2ccccc21. The second-order valence-electron chi connectivity index (χ2n) is 5.12. The van der Waals surface area contributed by atoms with Crippen molar-refractivity contribution in [1.29, 1.82) is 0 Å². The van der Waals surface area contributed by atoms with Crippen LogP contribution in [0.2, 0.25) is 0 Å². The van der Waals surface area contributed by atoms with Gasteiger partial charge in [-0.1, -0.05) is 24.3 Å². The first-order valence-electron chi connectivity index (χ1n) is 7.33. The Morgan fingerprint density at radius 1 is 1.04 bits per heavy atom. The van der Waals surface area contributed by atoms with E-state index in [4.69, 9.17) is 4.74 Å². The van der Waals surface area contributed by atoms with Gasteiger partial charge in [0.25, 0.3) is 5.56 Å². The Morgan fingerprint density at radius 2 is 1.91 bits per heavy atom. The highest BCUT2D eigenvalue weighted by molar-refractivity contribution is 5.95. The lowest BCUT2D eigenvalue weighted by Gasteiger charge is -2.13. The lowest BCUT2D eigenvalue weighted by Crippen LogP contribution is -2.25. The molecule has 0 unspecified atom stereocenters. The van der Waals surface area contributed by atoms with Crippen LogP contribution in [0.5, 0.6) is 0 Å². The topological polar surface area (TPSA) is 72.4 Å². The number of rotatable bonds is 0. The monoisotopic (exact) mass is 311 g/mol. The number of hydrogen-bond donors (Lipinski definition) is 2. The summed E-state index contributed by atoms with van der Waals surface area (Å²) in [6, 6.07) is 10.5. The lowest BCUT2D eigenvalue weighted by molar-refractivity contribution is 0.0550. The van der Waals surface area contributed by atoms with Crippen molar-refractivity contribution in [2.24, 2.45) is 0 Å². The molecular weight excluding hydrogens is 294 g/mol. The average molecular weight is 311 g/mol. The highest BCUT2D eigenvalue weighted by Gasteiger charge is 2.11. The fourth-order valence-electron chi connectivity index (χ4n) is 2.30. The molecule has 0 atom stereocenters. The van der Waals surface area contributed by atoms with Crippen molar-refractivity contribution in [3.63, 3.8) is 0 Å². The Labute approximate surface area is 133 Å². The zero-order chi connectivity index (χ0) is 16.1. The molecule has 118 valence electrons. The summed E-state index contributed by atoms with van der Waals surface area (Å²) in [5, 5.41) is 0. The summed E-state index contributed by atoms with van der Waals surface area (Å²) in [6.45, 7) is 1.11. The smallest absolute Gasteiger partial charge is 0.340 e. The molecule has 0 amide bonds. The van der Waals surface area contributed by atoms with E-state index in [1.807, 2.05) is 18.3 Å². The lowest BCUT2D eigenvalue weighted by atomic mass is 10.2. The van der Waals surface area contributed by atoms with Gasteiger partial charge in [-0.3, -0.25) is 4.79 Å². The Bertz CT molecular complexity index is 796. The molecule has 1 aliphatic rings. The molecule has 6 nitrogen and oxygen atoms in total. The quantitative estimate of drug-likeness (QED) is 0.572. The number of hydrogen-bond acceptors (Lipinski definition) is 5. The minimum atomic E-state index is -0.396. The number of esters is 1. The molecule has 1 aliphatic heterocycles. The summed E-state index contributed by atoms with van der Waals surface area (Å²) in [6.07, 6.45) is 5.35. The summed E-state index contributed by atoms with van der Waals surface area (Å²) >= 11 is 0. The summed E-state index contributed by atoms with van der Waals surface area (Å²) in [4.78, 5) is 23.9. The van der Waals surface area contributed by atoms with Crippen molar-refractivity contribution in [2.45, 2.75) is 13.1 Å². The van der Waals surface area contributed by atoms with Gasteiger partial charge in [-0.15, -0.1) is 0 Å². The largest absolute Gasteiger partial charge is 0.458 e. The number of anilines is 1. The van der Waals surface area contributed by atoms with E-state index in [-0.39, 0.29) is 12.2 Å². The number of para-hydroxylation sites is 1. The van der Waals surface area contributed by atoms with E-state index in [0.717, 1.165) is 5.56 Å². The molecule has 0 fully saturated rings. The Kier molecular flexibility index (Phi) is 4.54. The average Bonchev–Trinajstić information content (AvgIpc) is 2.56. The van der Waals surface area contributed by atoms with Crippen LogP contribution in [0.1, 0.15) is 15.9 Å². The van der Waals surface area contributed by atoms with E-state index in [0.29, 0.717) is 24.3 Å². The molecule has 3 rings (SSSR count). The minimum absolute atomic E-state index is 0.0687. The molecule has 0 spiro atoms. The van der Waals surface area contributed by atoms with Gasteiger partial charge in [0.15, 0.2) is 0 Å². The number of carbonyl (C=O) groups is 1. The normalized spacial score (nSPS) is 16.4. The second kappa shape index (κ2) is 6.93. The van der Waals surface area contributed by atoms with Gasteiger partial charge in [0.2, 0.25) is 0 Å². The third-order valence-electron chi connectivity index (χ3n) is 3.49. The van der Waals surface area contributed by atoms with Gasteiger partial charge in [0, 0.05) is 25.4 Å². The second-order valence-corrected chi connectivity index (χ2v) is 5.12. The van der Waals surface area contributed by atoms with E-state index in [9.17, 15) is 9.59 Å². The predicted molar refractivity (Wildman–Crippen MR) is 87.0 cm³/mol. The van der Waals surface area contributed by atoms with E-state index >= 15 is 0 Å². The van der Waals surface area contributed by atoms with Crippen LogP contribution >= 0.6 is 0 Å². The predicted octanol–water partition coefficient (Wildman–Crippen LogP) is 1.69. The van der Waals surface area contributed by atoms with Crippen LogP contribution in [0.4, 0.5) is 5.69 Å². The third kappa shape index (κ3) is 3.67. The molecule has 23 heavy (non-hydrogen) atoms. The van der Waals surface area contributed by atoms with Crippen LogP contribution in [-0.2, 0) is 17.8 Å².